The molecule has 0 unspecified atom stereocenters. The molecule has 0 saturated heterocycles. The van der Waals surface area contributed by atoms with Gasteiger partial charge in [-0.1, -0.05) is 288 Å². The van der Waals surface area contributed by atoms with E-state index in [2.05, 4.69) is 408 Å². The van der Waals surface area contributed by atoms with Gasteiger partial charge < -0.3 is 47.4 Å². The van der Waals surface area contributed by atoms with Crippen molar-refractivity contribution >= 4 is 140 Å². The van der Waals surface area contributed by atoms with Gasteiger partial charge in [-0.3, -0.25) is 14.4 Å². The molecule has 13 nitrogen and oxygen atoms in total. The highest BCUT2D eigenvalue weighted by atomic mass is 16.2. The first-order valence-electron chi connectivity index (χ1n) is 47.0. The fourth-order valence-corrected chi connectivity index (χ4v) is 16.3. The number of fused-ring (bicyclic) bond motifs is 12. The number of rotatable bonds is 12. The standard InChI is InChI=1S/C21H25N.2C20H23N.2C19H22N2O.C18H21N3O/c1-14(2)17-10-11-20-19(12-17)9-7-16-6-8-18(15(3)4)13-21(16)22(20)5;2*1-13(2)16-9-10-19-18(11-16)8-6-15-5-7-17(14(3)4)12-20(15)21-19;1-11(2)13-5-7-16-15(9-13)19(22)21-17-8-6-14(12(3)4)10-18(17)20-16;1-11(2)13-5-7-15-17(9-13)20-16-8-6-14(12(3)4)10-18(16)21-19(15)22;1-10(2)12-5-6-14-15(7-12)20-17-16(21-18(14)22)8-13(9-19-17)11(3)4/h6-15H,1-5H3;2*5-14,21H,1-4H3;2*5-12,20H,1-4H3,(H,21,22);5-11H,1-4H3,(H,19,20)(H,21,22). The lowest BCUT2D eigenvalue weighted by Gasteiger charge is -2.24. The second-order valence-corrected chi connectivity index (χ2v) is 39.1. The van der Waals surface area contributed by atoms with Crippen molar-refractivity contribution in [3.63, 3.8) is 0 Å². The summed E-state index contributed by atoms with van der Waals surface area (Å²) >= 11 is 0. The molecule has 18 rings (SSSR count). The molecular weight excluding hydrogens is 1590 g/mol. The van der Waals surface area contributed by atoms with Crippen LogP contribution in [-0.2, 0) is 0 Å². The van der Waals surface area contributed by atoms with E-state index in [1.54, 1.807) is 0 Å². The van der Waals surface area contributed by atoms with Crippen molar-refractivity contribution in [2.24, 2.45) is 0 Å². The minimum absolute atomic E-state index is 0.0546. The molecule has 0 radical (unpaired) electrons. The summed E-state index contributed by atoms with van der Waals surface area (Å²) in [7, 11) is 2.17. The number of nitrogens with zero attached hydrogens (tertiary/aromatic N) is 2. The van der Waals surface area contributed by atoms with Crippen LogP contribution in [0.1, 0.15) is 368 Å². The van der Waals surface area contributed by atoms with Crippen LogP contribution < -0.4 is 47.4 Å². The van der Waals surface area contributed by atoms with Gasteiger partial charge in [0.1, 0.15) is 0 Å². The van der Waals surface area contributed by atoms with Crippen molar-refractivity contribution in [3.8, 4) is 0 Å². The maximum absolute atomic E-state index is 12.5. The van der Waals surface area contributed by atoms with Crippen LogP contribution in [0.2, 0.25) is 0 Å². The van der Waals surface area contributed by atoms with Crippen molar-refractivity contribution < 1.29 is 14.4 Å². The molecule has 13 heteroatoms. The topological polar surface area (TPSA) is 164 Å². The highest BCUT2D eigenvalue weighted by Crippen LogP contribution is 2.44. The van der Waals surface area contributed by atoms with E-state index < -0.39 is 0 Å². The number of benzene rings is 11. The lowest BCUT2D eigenvalue weighted by Crippen LogP contribution is -2.12. The lowest BCUT2D eigenvalue weighted by molar-refractivity contribution is 0.102. The van der Waals surface area contributed by atoms with Crippen LogP contribution in [0.5, 0.6) is 0 Å². The Balaban J connectivity index is 0.000000133. The number of carbonyl (C=O) groups excluding carboxylic acids is 3. The fourth-order valence-electron chi connectivity index (χ4n) is 16.3. The quantitative estimate of drug-likeness (QED) is 0.0591. The number of hydrogen-bond acceptors (Lipinski definition) is 10. The van der Waals surface area contributed by atoms with Crippen LogP contribution in [0.3, 0.4) is 0 Å². The summed E-state index contributed by atoms with van der Waals surface area (Å²) in [4.78, 5) is 44.2. The molecule has 0 saturated carbocycles. The molecule has 0 bridgehead atoms. The second-order valence-electron chi connectivity index (χ2n) is 39.1. The molecule has 0 aliphatic carbocycles. The van der Waals surface area contributed by atoms with E-state index in [4.69, 9.17) is 0 Å². The van der Waals surface area contributed by atoms with Gasteiger partial charge in [-0.2, -0.15) is 0 Å². The number of pyridine rings is 1. The lowest BCUT2D eigenvalue weighted by atomic mass is 9.99. The SMILES string of the molecule is CC(C)c1ccc2c(c1)C=Cc1ccc(C(C)C)cc1N2.CC(C)c1ccc2c(c1)C=Cc1ccc(C(C)C)cc1N2.CC(C)c1ccc2c(c1)C=Cc1ccc(C(C)C)cc1N2C.CC(C)c1ccc2c(c1)NC(=O)c1ccc(C(C)C)cc1N2.CC(C)c1ccc2c(c1)Nc1ccc(C(C)C)cc1C(=O)N2.CC(C)c1ccc2c(c1)Nc1ncc(C(C)C)cc1NC2=O. The highest BCUT2D eigenvalue weighted by molar-refractivity contribution is 6.14. The molecule has 672 valence electrons. The Morgan fingerprint density at radius 3 is 0.931 bits per heavy atom. The number of nitrogens with one attached hydrogen (secondary N) is 8. The predicted octanol–water partition coefficient (Wildman–Crippen LogP) is 33.6. The zero-order chi connectivity index (χ0) is 93.4. The normalized spacial score (nSPS) is 13.1. The smallest absolute Gasteiger partial charge is 0.257 e. The first-order chi connectivity index (χ1) is 61.9. The summed E-state index contributed by atoms with van der Waals surface area (Å²) in [6.45, 7) is 52.6. The van der Waals surface area contributed by atoms with Gasteiger partial charge in [-0.25, -0.2) is 4.98 Å². The monoisotopic (exact) mass is 1730 g/mol. The van der Waals surface area contributed by atoms with Gasteiger partial charge in [0.2, 0.25) is 0 Å². The van der Waals surface area contributed by atoms with E-state index in [0.717, 1.165) is 51.1 Å². The Hall–Kier alpha value is -13.0. The number of anilines is 15. The van der Waals surface area contributed by atoms with Crippen LogP contribution in [0.15, 0.2) is 212 Å². The molecule has 1 aromatic heterocycles. The summed E-state index contributed by atoms with van der Waals surface area (Å²) in [5.41, 5.74) is 39.3. The summed E-state index contributed by atoms with van der Waals surface area (Å²) in [5.74, 6) is 6.29. The van der Waals surface area contributed by atoms with Crippen LogP contribution in [0, 0.1) is 0 Å². The fraction of sp³-hybridized carbons (Fsp3) is 0.316. The third kappa shape index (κ3) is 22.5. The van der Waals surface area contributed by atoms with Crippen molar-refractivity contribution in [3.05, 3.63) is 329 Å². The summed E-state index contributed by atoms with van der Waals surface area (Å²) in [5, 5.41) is 26.3. The molecule has 8 N–H and O–H groups in total. The molecule has 0 fully saturated rings. The predicted molar refractivity (Wildman–Crippen MR) is 559 cm³/mol. The highest BCUT2D eigenvalue weighted by Gasteiger charge is 2.27. The second kappa shape index (κ2) is 41.2. The third-order valence-electron chi connectivity index (χ3n) is 25.4. The van der Waals surface area contributed by atoms with E-state index in [0.29, 0.717) is 93.5 Å². The Labute approximate surface area is 775 Å². The van der Waals surface area contributed by atoms with Gasteiger partial charge in [-0.15, -0.1) is 0 Å². The average Bonchev–Trinajstić information content (AvgIpc) is 1.53. The summed E-state index contributed by atoms with van der Waals surface area (Å²) < 4.78 is 0. The van der Waals surface area contributed by atoms with E-state index in [1.165, 1.54) is 129 Å². The molecule has 0 spiro atoms. The average molecular weight is 1730 g/mol. The van der Waals surface area contributed by atoms with Crippen molar-refractivity contribution in [1.29, 1.82) is 0 Å². The molecule has 130 heavy (non-hydrogen) atoms. The van der Waals surface area contributed by atoms with Gasteiger partial charge in [-0.05, 0) is 292 Å². The number of carbonyl (C=O) groups is 3. The van der Waals surface area contributed by atoms with Gasteiger partial charge in [0, 0.05) is 47.4 Å². The van der Waals surface area contributed by atoms with Crippen molar-refractivity contribution in [2.45, 2.75) is 237 Å². The minimum atomic E-state index is -0.0979. The molecule has 6 aliphatic heterocycles. The first-order valence-corrected chi connectivity index (χ1v) is 47.0. The summed E-state index contributed by atoms with van der Waals surface area (Å²) in [6.07, 6.45) is 15.2. The van der Waals surface area contributed by atoms with Crippen LogP contribution >= 0.6 is 0 Å². The van der Waals surface area contributed by atoms with E-state index in [-0.39, 0.29) is 17.7 Å². The third-order valence-corrected chi connectivity index (χ3v) is 25.4. The van der Waals surface area contributed by atoms with Crippen molar-refractivity contribution in [2.75, 3.05) is 54.5 Å². The van der Waals surface area contributed by atoms with Gasteiger partial charge in [0.25, 0.3) is 17.7 Å². The molecular formula is C117H136N10O3. The van der Waals surface area contributed by atoms with Crippen LogP contribution in [-0.4, -0.2) is 29.8 Å². The maximum Gasteiger partial charge on any atom is 0.257 e. The van der Waals surface area contributed by atoms with Crippen molar-refractivity contribution in [1.82, 2.24) is 4.98 Å². The Kier molecular flexibility index (Phi) is 30.0. The zero-order valence-electron chi connectivity index (χ0n) is 81.2. The molecule has 3 amide bonds. The molecule has 11 aromatic carbocycles. The molecule has 6 aliphatic rings. The Morgan fingerprint density at radius 2 is 0.477 bits per heavy atom. The molecule has 12 aromatic rings. The van der Waals surface area contributed by atoms with Gasteiger partial charge >= 0.3 is 0 Å². The molecule has 7 heterocycles. The van der Waals surface area contributed by atoms with E-state index in [1.807, 2.05) is 66.9 Å². The molecule has 0 atom stereocenters. The summed E-state index contributed by atoms with van der Waals surface area (Å²) in [6, 6.07) is 72.9. The Morgan fingerprint density at radius 1 is 0.200 bits per heavy atom. The van der Waals surface area contributed by atoms with Crippen LogP contribution in [0.25, 0.3) is 36.5 Å². The number of hydrogen-bond donors (Lipinski definition) is 8. The van der Waals surface area contributed by atoms with E-state index >= 15 is 0 Å². The Bertz CT molecular complexity index is 6010. The van der Waals surface area contributed by atoms with E-state index in [9.17, 15) is 14.4 Å². The zero-order valence-corrected chi connectivity index (χ0v) is 81.2. The number of aromatic nitrogens is 1. The maximum atomic E-state index is 12.5. The van der Waals surface area contributed by atoms with Gasteiger partial charge in [0.15, 0.2) is 5.82 Å². The van der Waals surface area contributed by atoms with Gasteiger partial charge in [0.05, 0.1) is 62.2 Å². The largest absolute Gasteiger partial charge is 0.355 e. The van der Waals surface area contributed by atoms with Crippen LogP contribution in [0.4, 0.5) is 85.4 Å². The first kappa shape index (κ1) is 94.6. The minimum Gasteiger partial charge on any atom is -0.355 e. The number of amides is 3.